The van der Waals surface area contributed by atoms with E-state index >= 15 is 0 Å². The molecule has 7 nitrogen and oxygen atoms in total. The predicted octanol–water partition coefficient (Wildman–Crippen LogP) is 4.48. The standard InChI is InChI=1S/C23H16N4O3/c24-23(28)18-3-1-15(2-4-18)19-13-21(16-5-7-20(8-6-16)27(29)30)26-22(14-19)17-9-11-25-12-10-17/h1-14H,(H2,24,28). The van der Waals surface area contributed by atoms with Gasteiger partial charge < -0.3 is 5.73 Å². The molecule has 0 radical (unpaired) electrons. The quantitative estimate of drug-likeness (QED) is 0.395. The third kappa shape index (κ3) is 3.90. The topological polar surface area (TPSA) is 112 Å². The van der Waals surface area contributed by atoms with Gasteiger partial charge in [0.15, 0.2) is 0 Å². The van der Waals surface area contributed by atoms with E-state index in [2.05, 4.69) is 4.98 Å². The lowest BCUT2D eigenvalue weighted by Crippen LogP contribution is -2.10. The molecule has 7 heteroatoms. The number of benzene rings is 2. The maximum absolute atomic E-state index is 11.4. The molecule has 0 spiro atoms. The van der Waals surface area contributed by atoms with Crippen molar-refractivity contribution in [2.24, 2.45) is 5.73 Å². The highest BCUT2D eigenvalue weighted by molar-refractivity contribution is 5.93. The highest BCUT2D eigenvalue weighted by atomic mass is 16.6. The van der Waals surface area contributed by atoms with Crippen molar-refractivity contribution in [3.05, 3.63) is 101 Å². The number of hydrogen-bond donors (Lipinski definition) is 1. The molecule has 0 bridgehead atoms. The minimum absolute atomic E-state index is 0.0197. The first-order valence-electron chi connectivity index (χ1n) is 9.09. The number of non-ortho nitro benzene ring substituents is 1. The summed E-state index contributed by atoms with van der Waals surface area (Å²) in [5.41, 5.74) is 10.6. The van der Waals surface area contributed by atoms with E-state index in [1.807, 2.05) is 36.4 Å². The first kappa shape index (κ1) is 18.9. The highest BCUT2D eigenvalue weighted by Gasteiger charge is 2.11. The van der Waals surface area contributed by atoms with Gasteiger partial charge >= 0.3 is 0 Å². The second-order valence-corrected chi connectivity index (χ2v) is 6.61. The van der Waals surface area contributed by atoms with E-state index in [1.165, 1.54) is 12.1 Å². The molecule has 2 N–H and O–H groups in total. The molecule has 0 aliphatic heterocycles. The molecule has 0 aliphatic rings. The van der Waals surface area contributed by atoms with Crippen LogP contribution in [0.1, 0.15) is 10.4 Å². The minimum atomic E-state index is -0.486. The van der Waals surface area contributed by atoms with Gasteiger partial charge in [-0.1, -0.05) is 12.1 Å². The van der Waals surface area contributed by atoms with Crippen molar-refractivity contribution in [2.75, 3.05) is 0 Å². The Morgan fingerprint density at radius 3 is 1.83 bits per heavy atom. The minimum Gasteiger partial charge on any atom is -0.366 e. The molecule has 0 saturated carbocycles. The van der Waals surface area contributed by atoms with Gasteiger partial charge in [0.2, 0.25) is 5.91 Å². The molecule has 0 saturated heterocycles. The lowest BCUT2D eigenvalue weighted by atomic mass is 9.99. The lowest BCUT2D eigenvalue weighted by molar-refractivity contribution is -0.384. The van der Waals surface area contributed by atoms with Crippen molar-refractivity contribution in [1.29, 1.82) is 0 Å². The van der Waals surface area contributed by atoms with Crippen LogP contribution in [0.25, 0.3) is 33.6 Å². The van der Waals surface area contributed by atoms with E-state index in [1.54, 1.807) is 36.7 Å². The first-order valence-corrected chi connectivity index (χ1v) is 9.09. The number of nitrogens with two attached hydrogens (primary N) is 1. The molecule has 4 rings (SSSR count). The highest BCUT2D eigenvalue weighted by Crippen LogP contribution is 2.31. The Hall–Kier alpha value is -4.39. The predicted molar refractivity (Wildman–Crippen MR) is 114 cm³/mol. The Morgan fingerprint density at radius 1 is 0.767 bits per heavy atom. The molecule has 0 unspecified atom stereocenters. The maximum atomic E-state index is 11.4. The number of primary amides is 1. The van der Waals surface area contributed by atoms with E-state index < -0.39 is 10.8 Å². The summed E-state index contributed by atoms with van der Waals surface area (Å²) in [6, 6.07) is 20.9. The van der Waals surface area contributed by atoms with Crippen LogP contribution in [-0.2, 0) is 0 Å². The molecule has 2 aromatic heterocycles. The summed E-state index contributed by atoms with van der Waals surface area (Å²) in [5, 5.41) is 11.0. The number of nitrogens with zero attached hydrogens (tertiary/aromatic N) is 3. The van der Waals surface area contributed by atoms with Gasteiger partial charge in [0, 0.05) is 41.2 Å². The van der Waals surface area contributed by atoms with Crippen LogP contribution in [0.15, 0.2) is 85.2 Å². The lowest BCUT2D eigenvalue weighted by Gasteiger charge is -2.10. The number of carbonyl (C=O) groups excluding carboxylic acids is 1. The largest absolute Gasteiger partial charge is 0.366 e. The van der Waals surface area contributed by atoms with Crippen molar-refractivity contribution in [3.63, 3.8) is 0 Å². The van der Waals surface area contributed by atoms with Crippen LogP contribution in [0.3, 0.4) is 0 Å². The molecule has 0 atom stereocenters. The molecule has 2 heterocycles. The number of hydrogen-bond acceptors (Lipinski definition) is 5. The molecule has 0 aliphatic carbocycles. The number of carbonyl (C=O) groups is 1. The molecule has 1 amide bonds. The fraction of sp³-hybridized carbons (Fsp3) is 0. The number of aromatic nitrogens is 2. The molecular formula is C23H16N4O3. The normalized spacial score (nSPS) is 10.5. The Morgan fingerprint density at radius 2 is 1.30 bits per heavy atom. The van der Waals surface area contributed by atoms with Gasteiger partial charge in [0.1, 0.15) is 0 Å². The molecular weight excluding hydrogens is 380 g/mol. The van der Waals surface area contributed by atoms with Crippen molar-refractivity contribution in [3.8, 4) is 33.6 Å². The number of nitro groups is 1. The average Bonchev–Trinajstić information content (AvgIpc) is 2.79. The van der Waals surface area contributed by atoms with Crippen molar-refractivity contribution >= 4 is 11.6 Å². The summed E-state index contributed by atoms with van der Waals surface area (Å²) in [7, 11) is 0. The summed E-state index contributed by atoms with van der Waals surface area (Å²) in [5.74, 6) is -0.486. The molecule has 4 aromatic rings. The number of nitro benzene ring substituents is 1. The second kappa shape index (κ2) is 7.92. The third-order valence-corrected chi connectivity index (χ3v) is 4.68. The Bertz CT molecular complexity index is 1150. The van der Waals surface area contributed by atoms with Crippen LogP contribution in [0.5, 0.6) is 0 Å². The molecule has 2 aromatic carbocycles. The van der Waals surface area contributed by atoms with Gasteiger partial charge in [-0.15, -0.1) is 0 Å². The zero-order valence-corrected chi connectivity index (χ0v) is 15.7. The summed E-state index contributed by atoms with van der Waals surface area (Å²) in [6.45, 7) is 0. The van der Waals surface area contributed by atoms with Crippen molar-refractivity contribution < 1.29 is 9.72 Å². The monoisotopic (exact) mass is 396 g/mol. The van der Waals surface area contributed by atoms with Crippen LogP contribution < -0.4 is 5.73 Å². The average molecular weight is 396 g/mol. The van der Waals surface area contributed by atoms with Crippen LogP contribution in [0.4, 0.5) is 5.69 Å². The maximum Gasteiger partial charge on any atom is 0.269 e. The summed E-state index contributed by atoms with van der Waals surface area (Å²) in [4.78, 5) is 30.7. The number of pyridine rings is 2. The zero-order valence-electron chi connectivity index (χ0n) is 15.7. The van der Waals surface area contributed by atoms with Crippen molar-refractivity contribution in [2.45, 2.75) is 0 Å². The van der Waals surface area contributed by atoms with E-state index in [-0.39, 0.29) is 5.69 Å². The van der Waals surface area contributed by atoms with E-state index in [0.717, 1.165) is 27.9 Å². The summed E-state index contributed by atoms with van der Waals surface area (Å²) >= 11 is 0. The van der Waals surface area contributed by atoms with Gasteiger partial charge in [-0.05, 0) is 59.7 Å². The van der Waals surface area contributed by atoms with E-state index in [4.69, 9.17) is 10.7 Å². The van der Waals surface area contributed by atoms with Crippen LogP contribution in [-0.4, -0.2) is 20.8 Å². The van der Waals surface area contributed by atoms with Gasteiger partial charge in [-0.3, -0.25) is 19.9 Å². The smallest absolute Gasteiger partial charge is 0.269 e. The van der Waals surface area contributed by atoms with Crippen LogP contribution in [0, 0.1) is 10.1 Å². The van der Waals surface area contributed by atoms with E-state index in [0.29, 0.717) is 11.3 Å². The Balaban J connectivity index is 1.84. The fourth-order valence-electron chi connectivity index (χ4n) is 3.10. The second-order valence-electron chi connectivity index (χ2n) is 6.61. The fourth-order valence-corrected chi connectivity index (χ4v) is 3.10. The molecule has 0 fully saturated rings. The summed E-state index contributed by atoms with van der Waals surface area (Å²) < 4.78 is 0. The zero-order chi connectivity index (χ0) is 21.1. The third-order valence-electron chi connectivity index (χ3n) is 4.68. The Labute approximate surface area is 172 Å². The molecule has 146 valence electrons. The number of amides is 1. The summed E-state index contributed by atoms with van der Waals surface area (Å²) in [6.07, 6.45) is 3.38. The number of rotatable bonds is 5. The van der Waals surface area contributed by atoms with Crippen molar-refractivity contribution in [1.82, 2.24) is 9.97 Å². The van der Waals surface area contributed by atoms with Gasteiger partial charge in [-0.2, -0.15) is 0 Å². The Kier molecular flexibility index (Phi) is 5.00. The van der Waals surface area contributed by atoms with Gasteiger partial charge in [-0.25, -0.2) is 4.98 Å². The van der Waals surface area contributed by atoms with Gasteiger partial charge in [0.25, 0.3) is 5.69 Å². The van der Waals surface area contributed by atoms with Gasteiger partial charge in [0.05, 0.1) is 16.3 Å². The van der Waals surface area contributed by atoms with E-state index in [9.17, 15) is 14.9 Å². The van der Waals surface area contributed by atoms with Crippen LogP contribution >= 0.6 is 0 Å². The first-order chi connectivity index (χ1) is 14.5. The van der Waals surface area contributed by atoms with Crippen LogP contribution in [0.2, 0.25) is 0 Å². The SMILES string of the molecule is NC(=O)c1ccc(-c2cc(-c3ccncc3)nc(-c3ccc([N+](=O)[O-])cc3)c2)cc1. The molecule has 30 heavy (non-hydrogen) atoms.